The van der Waals surface area contributed by atoms with Gasteiger partial charge in [0.25, 0.3) is 0 Å². The van der Waals surface area contributed by atoms with Crippen LogP contribution in [-0.2, 0) is 27.2 Å². The Morgan fingerprint density at radius 2 is 1.11 bits per heavy atom. The minimum atomic E-state index is -1.38. The summed E-state index contributed by atoms with van der Waals surface area (Å²) >= 11 is 23.5. The lowest BCUT2D eigenvalue weighted by atomic mass is 10.1. The Morgan fingerprint density at radius 1 is 0.741 bits per heavy atom. The molecule has 0 unspecified atom stereocenters. The molecule has 0 fully saturated rings. The summed E-state index contributed by atoms with van der Waals surface area (Å²) < 4.78 is 5.37. The number of hydrogen-bond donors (Lipinski definition) is 2. The Hall–Kier alpha value is -1.50. The van der Waals surface area contributed by atoms with Gasteiger partial charge >= 0.3 is 11.9 Å². The van der Waals surface area contributed by atoms with Crippen LogP contribution in [0.25, 0.3) is 0 Å². The molecule has 0 heterocycles. The highest BCUT2D eigenvalue weighted by atomic mass is 35.5. The third-order valence-electron chi connectivity index (χ3n) is 3.69. The average molecular weight is 452 g/mol. The Morgan fingerprint density at radius 3 is 1.41 bits per heavy atom. The number of carboxylic acids is 2. The number of carbonyl (C=O) groups is 2. The lowest BCUT2D eigenvalue weighted by molar-refractivity contribution is -0.165. The molecule has 0 saturated heterocycles. The van der Waals surface area contributed by atoms with Crippen LogP contribution in [0.4, 0.5) is 0 Å². The van der Waals surface area contributed by atoms with Crippen molar-refractivity contribution in [3.8, 4) is 0 Å². The van der Waals surface area contributed by atoms with Gasteiger partial charge in [-0.2, -0.15) is 0 Å². The van der Waals surface area contributed by atoms with Crippen LogP contribution in [0.3, 0.4) is 0 Å². The van der Waals surface area contributed by atoms with Crippen LogP contribution in [0.2, 0.25) is 20.1 Å². The molecule has 9 heteroatoms. The molecule has 0 aliphatic heterocycles. The number of aliphatic carboxylic acids is 2. The molecule has 0 aliphatic rings. The normalized spacial score (nSPS) is 13.2. The van der Waals surface area contributed by atoms with Crippen molar-refractivity contribution in [2.75, 3.05) is 0 Å². The predicted molar refractivity (Wildman–Crippen MR) is 104 cm³/mol. The van der Waals surface area contributed by atoms with E-state index in [1.54, 1.807) is 12.1 Å². The van der Waals surface area contributed by atoms with E-state index in [1.807, 2.05) is 0 Å². The number of carboxylic acid groups (broad SMARTS) is 2. The smallest absolute Gasteiger partial charge is 0.333 e. The Labute approximate surface area is 175 Å². The molecule has 2 rings (SSSR count). The fourth-order valence-electron chi connectivity index (χ4n) is 2.35. The van der Waals surface area contributed by atoms with Gasteiger partial charge in [0, 0.05) is 12.8 Å². The van der Waals surface area contributed by atoms with Crippen LogP contribution in [0.1, 0.15) is 11.1 Å². The van der Waals surface area contributed by atoms with Crippen molar-refractivity contribution in [2.24, 2.45) is 0 Å². The third kappa shape index (κ3) is 6.26. The lowest BCUT2D eigenvalue weighted by Crippen LogP contribution is -2.36. The predicted octanol–water partition coefficient (Wildman–Crippen LogP) is 5.01. The summed E-state index contributed by atoms with van der Waals surface area (Å²) in [4.78, 5) is 23.1. The topological polar surface area (TPSA) is 83.8 Å². The van der Waals surface area contributed by atoms with Gasteiger partial charge in [0.2, 0.25) is 0 Å². The molecule has 0 amide bonds. The molecule has 0 radical (unpaired) electrons. The van der Waals surface area contributed by atoms with Crippen LogP contribution in [0, 0.1) is 0 Å². The van der Waals surface area contributed by atoms with Crippen LogP contribution in [0.5, 0.6) is 0 Å². The van der Waals surface area contributed by atoms with E-state index in [-0.39, 0.29) is 22.9 Å². The summed E-state index contributed by atoms with van der Waals surface area (Å²) in [5, 5.41) is 20.0. The minimum Gasteiger partial charge on any atom is -0.479 e. The number of benzene rings is 2. The molecule has 2 N–H and O–H groups in total. The van der Waals surface area contributed by atoms with Gasteiger partial charge in [0.1, 0.15) is 0 Å². The molecule has 0 spiro atoms. The zero-order chi connectivity index (χ0) is 20.1. The molecule has 2 atom stereocenters. The number of halogens is 4. The summed E-state index contributed by atoms with van der Waals surface area (Å²) in [6, 6.07) is 9.28. The summed E-state index contributed by atoms with van der Waals surface area (Å²) in [7, 11) is 0. The van der Waals surface area contributed by atoms with E-state index in [4.69, 9.17) is 51.1 Å². The first-order valence-electron chi connectivity index (χ1n) is 7.66. The minimum absolute atomic E-state index is 0.0720. The monoisotopic (exact) mass is 450 g/mol. The van der Waals surface area contributed by atoms with Crippen molar-refractivity contribution in [1.82, 2.24) is 0 Å². The molecule has 27 heavy (non-hydrogen) atoms. The zero-order valence-electron chi connectivity index (χ0n) is 13.7. The van der Waals surface area contributed by atoms with E-state index in [0.29, 0.717) is 21.2 Å². The molecular weight excluding hydrogens is 438 g/mol. The van der Waals surface area contributed by atoms with Crippen molar-refractivity contribution >= 4 is 58.3 Å². The number of hydrogen-bond acceptors (Lipinski definition) is 3. The third-order valence-corrected chi connectivity index (χ3v) is 5.17. The summed E-state index contributed by atoms with van der Waals surface area (Å²) in [5.74, 6) is -2.58. The molecule has 0 saturated carbocycles. The molecule has 0 aromatic heterocycles. The fraction of sp³-hybridized carbons (Fsp3) is 0.222. The van der Waals surface area contributed by atoms with Crippen molar-refractivity contribution < 1.29 is 24.5 Å². The van der Waals surface area contributed by atoms with E-state index in [9.17, 15) is 19.8 Å². The van der Waals surface area contributed by atoms with Gasteiger partial charge in [0.05, 0.1) is 20.1 Å². The largest absolute Gasteiger partial charge is 0.479 e. The molecule has 2 aromatic carbocycles. The Balaban J connectivity index is 2.16. The fourth-order valence-corrected chi connectivity index (χ4v) is 2.99. The Kier molecular flexibility index (Phi) is 7.77. The van der Waals surface area contributed by atoms with Gasteiger partial charge in [-0.1, -0.05) is 58.5 Å². The summed E-state index contributed by atoms with van der Waals surface area (Å²) in [6.45, 7) is 0. The summed E-state index contributed by atoms with van der Waals surface area (Å²) in [5.41, 5.74) is 1.10. The van der Waals surface area contributed by atoms with Gasteiger partial charge < -0.3 is 14.9 Å². The first-order chi connectivity index (χ1) is 12.7. The maximum Gasteiger partial charge on any atom is 0.333 e. The lowest BCUT2D eigenvalue weighted by Gasteiger charge is -2.20. The molecule has 2 aromatic rings. The van der Waals surface area contributed by atoms with Gasteiger partial charge in [-0.25, -0.2) is 9.59 Å². The maximum atomic E-state index is 11.5. The second-order valence-electron chi connectivity index (χ2n) is 5.70. The average Bonchev–Trinajstić information content (AvgIpc) is 2.59. The number of ether oxygens (including phenoxy) is 1. The van der Waals surface area contributed by atoms with Crippen molar-refractivity contribution in [2.45, 2.75) is 25.0 Å². The van der Waals surface area contributed by atoms with Gasteiger partial charge in [-0.05, 0) is 35.4 Å². The number of rotatable bonds is 8. The highest BCUT2D eigenvalue weighted by molar-refractivity contribution is 6.42. The van der Waals surface area contributed by atoms with Crippen molar-refractivity contribution in [1.29, 1.82) is 0 Å². The van der Waals surface area contributed by atoms with Gasteiger partial charge in [-0.15, -0.1) is 0 Å². The van der Waals surface area contributed by atoms with Crippen LogP contribution < -0.4 is 0 Å². The van der Waals surface area contributed by atoms with Crippen LogP contribution in [0.15, 0.2) is 36.4 Å². The Bertz CT molecular complexity index is 786. The second kappa shape index (κ2) is 9.62. The molecule has 0 bridgehead atoms. The SMILES string of the molecule is O=C(O)[C@H](Cc1ccc(Cl)c(Cl)c1)O[C@@H](Cc1ccc(Cl)c(Cl)c1)C(=O)O. The van der Waals surface area contributed by atoms with E-state index < -0.39 is 24.1 Å². The molecule has 5 nitrogen and oxygen atoms in total. The van der Waals surface area contributed by atoms with Crippen molar-refractivity contribution in [3.63, 3.8) is 0 Å². The van der Waals surface area contributed by atoms with E-state index in [2.05, 4.69) is 0 Å². The maximum absolute atomic E-state index is 11.5. The molecular formula is C18H14Cl4O5. The van der Waals surface area contributed by atoms with Gasteiger partial charge in [-0.3, -0.25) is 0 Å². The second-order valence-corrected chi connectivity index (χ2v) is 7.32. The van der Waals surface area contributed by atoms with Crippen LogP contribution >= 0.6 is 46.4 Å². The standard InChI is InChI=1S/C18H14Cl4O5/c19-11-3-1-9(5-13(11)21)7-15(17(23)24)27-16(18(25)26)8-10-2-4-12(20)14(22)6-10/h1-6,15-16H,7-8H2,(H,23,24)(H,25,26)/t15-,16-/m0/s1. The summed E-state index contributed by atoms with van der Waals surface area (Å²) in [6.07, 6.45) is -2.91. The molecule has 144 valence electrons. The highest BCUT2D eigenvalue weighted by Gasteiger charge is 2.28. The highest BCUT2D eigenvalue weighted by Crippen LogP contribution is 2.25. The molecule has 0 aliphatic carbocycles. The zero-order valence-corrected chi connectivity index (χ0v) is 16.7. The van der Waals surface area contributed by atoms with Crippen molar-refractivity contribution in [3.05, 3.63) is 67.6 Å². The first kappa shape index (κ1) is 21.8. The first-order valence-corrected chi connectivity index (χ1v) is 9.17. The van der Waals surface area contributed by atoms with E-state index in [0.717, 1.165) is 0 Å². The quantitative estimate of drug-likeness (QED) is 0.589. The van der Waals surface area contributed by atoms with Gasteiger partial charge in [0.15, 0.2) is 12.2 Å². The van der Waals surface area contributed by atoms with Crippen LogP contribution in [-0.4, -0.2) is 34.4 Å². The van der Waals surface area contributed by atoms with E-state index >= 15 is 0 Å². The van der Waals surface area contributed by atoms with E-state index in [1.165, 1.54) is 24.3 Å².